The van der Waals surface area contributed by atoms with Gasteiger partial charge in [-0.05, 0) is 24.3 Å². The highest BCUT2D eigenvalue weighted by molar-refractivity contribution is 6.42. The van der Waals surface area contributed by atoms with Crippen LogP contribution in [0.5, 0.6) is 0 Å². The summed E-state index contributed by atoms with van der Waals surface area (Å²) in [6, 6.07) is 11.4. The third-order valence-electron chi connectivity index (χ3n) is 2.94. The monoisotopic (exact) mass is 321 g/mol. The molecule has 0 spiro atoms. The molecule has 0 atom stereocenters. The van der Waals surface area contributed by atoms with E-state index in [0.29, 0.717) is 16.9 Å². The SMILES string of the molecule is CN(c1cccc(C#N)c1)c1cc(Cl)c(Cl)cc1[N+](=O)[O-]. The highest BCUT2D eigenvalue weighted by atomic mass is 35.5. The van der Waals surface area contributed by atoms with Crippen molar-refractivity contribution in [3.8, 4) is 6.07 Å². The predicted octanol–water partition coefficient (Wildman–Crippen LogP) is 4.54. The van der Waals surface area contributed by atoms with Crippen molar-refractivity contribution in [2.24, 2.45) is 0 Å². The topological polar surface area (TPSA) is 70.2 Å². The molecular weight excluding hydrogens is 313 g/mol. The van der Waals surface area contributed by atoms with Gasteiger partial charge in [0, 0.05) is 18.8 Å². The number of anilines is 2. The largest absolute Gasteiger partial charge is 0.339 e. The average Bonchev–Trinajstić information content (AvgIpc) is 2.48. The lowest BCUT2D eigenvalue weighted by Gasteiger charge is -2.20. The summed E-state index contributed by atoms with van der Waals surface area (Å²) in [5.41, 5.74) is 1.23. The molecule has 0 fully saturated rings. The van der Waals surface area contributed by atoms with Gasteiger partial charge in [-0.2, -0.15) is 5.26 Å². The number of hydrogen-bond acceptors (Lipinski definition) is 4. The first kappa shape index (κ1) is 15.1. The Bertz CT molecular complexity index is 756. The molecule has 2 rings (SSSR count). The van der Waals surface area contributed by atoms with Gasteiger partial charge in [-0.15, -0.1) is 0 Å². The molecule has 0 radical (unpaired) electrons. The quantitative estimate of drug-likeness (QED) is 0.614. The van der Waals surface area contributed by atoms with E-state index in [4.69, 9.17) is 28.5 Å². The third-order valence-corrected chi connectivity index (χ3v) is 3.66. The number of nitriles is 1. The van der Waals surface area contributed by atoms with Crippen molar-refractivity contribution in [1.29, 1.82) is 5.26 Å². The van der Waals surface area contributed by atoms with Gasteiger partial charge in [-0.1, -0.05) is 29.3 Å². The molecule has 0 aliphatic heterocycles. The maximum Gasteiger partial charge on any atom is 0.294 e. The highest BCUT2D eigenvalue weighted by Crippen LogP contribution is 2.38. The molecule has 0 N–H and O–H groups in total. The molecule has 0 amide bonds. The molecular formula is C14H9Cl2N3O2. The lowest BCUT2D eigenvalue weighted by atomic mass is 10.2. The molecule has 0 aliphatic carbocycles. The number of nitrogens with zero attached hydrogens (tertiary/aromatic N) is 3. The van der Waals surface area contributed by atoms with Gasteiger partial charge in [0.15, 0.2) is 0 Å². The second kappa shape index (κ2) is 6.00. The summed E-state index contributed by atoms with van der Waals surface area (Å²) in [4.78, 5) is 12.2. The minimum atomic E-state index is -0.526. The minimum absolute atomic E-state index is 0.117. The number of rotatable bonds is 3. The Labute approximate surface area is 131 Å². The van der Waals surface area contributed by atoms with E-state index in [1.807, 2.05) is 6.07 Å². The summed E-state index contributed by atoms with van der Waals surface area (Å²) in [6.07, 6.45) is 0. The van der Waals surface area contributed by atoms with Gasteiger partial charge in [-0.3, -0.25) is 10.1 Å². The molecule has 21 heavy (non-hydrogen) atoms. The number of halogens is 2. The van der Waals surface area contributed by atoms with Gasteiger partial charge in [0.05, 0.1) is 26.6 Å². The van der Waals surface area contributed by atoms with Crippen LogP contribution in [-0.4, -0.2) is 12.0 Å². The first-order valence-electron chi connectivity index (χ1n) is 5.81. The second-order valence-corrected chi connectivity index (χ2v) is 5.05. The Morgan fingerprint density at radius 1 is 1.24 bits per heavy atom. The summed E-state index contributed by atoms with van der Waals surface area (Å²) in [7, 11) is 1.66. The van der Waals surface area contributed by atoms with Crippen molar-refractivity contribution in [2.75, 3.05) is 11.9 Å². The zero-order valence-electron chi connectivity index (χ0n) is 10.9. The van der Waals surface area contributed by atoms with Crippen molar-refractivity contribution in [1.82, 2.24) is 0 Å². The van der Waals surface area contributed by atoms with Gasteiger partial charge in [0.2, 0.25) is 0 Å². The molecule has 0 aliphatic rings. The highest BCUT2D eigenvalue weighted by Gasteiger charge is 2.21. The predicted molar refractivity (Wildman–Crippen MR) is 82.3 cm³/mol. The summed E-state index contributed by atoms with van der Waals surface area (Å²) < 4.78 is 0. The van der Waals surface area contributed by atoms with Gasteiger partial charge < -0.3 is 4.90 Å². The number of nitro groups is 1. The lowest BCUT2D eigenvalue weighted by Crippen LogP contribution is -2.11. The van der Waals surface area contributed by atoms with Crippen LogP contribution in [0.15, 0.2) is 36.4 Å². The van der Waals surface area contributed by atoms with Crippen LogP contribution in [0.1, 0.15) is 5.56 Å². The normalized spacial score (nSPS) is 10.0. The van der Waals surface area contributed by atoms with E-state index in [1.165, 1.54) is 12.1 Å². The molecule has 0 saturated carbocycles. The summed E-state index contributed by atoms with van der Waals surface area (Å²) in [5, 5.41) is 20.4. The Hall–Kier alpha value is -2.29. The fourth-order valence-corrected chi connectivity index (χ4v) is 2.18. The number of benzene rings is 2. The summed E-state index contributed by atoms with van der Waals surface area (Å²) in [6.45, 7) is 0. The molecule has 0 aromatic heterocycles. The van der Waals surface area contributed by atoms with Gasteiger partial charge >= 0.3 is 0 Å². The van der Waals surface area contributed by atoms with Crippen molar-refractivity contribution in [3.05, 3.63) is 62.1 Å². The van der Waals surface area contributed by atoms with E-state index in [0.717, 1.165) is 0 Å². The molecule has 0 heterocycles. The summed E-state index contributed by atoms with van der Waals surface area (Å²) >= 11 is 11.8. The standard InChI is InChI=1S/C14H9Cl2N3O2/c1-18(10-4-2-3-9(5-10)8-17)13-6-11(15)12(16)7-14(13)19(20)21/h2-7H,1H3. The maximum atomic E-state index is 11.2. The van der Waals surface area contributed by atoms with Crippen molar-refractivity contribution < 1.29 is 4.92 Å². The Morgan fingerprint density at radius 3 is 2.52 bits per heavy atom. The van der Waals surface area contributed by atoms with E-state index >= 15 is 0 Å². The zero-order chi connectivity index (χ0) is 15.6. The van der Waals surface area contributed by atoms with Crippen LogP contribution in [0.3, 0.4) is 0 Å². The Kier molecular flexibility index (Phi) is 4.32. The van der Waals surface area contributed by atoms with Crippen molar-refractivity contribution >= 4 is 40.3 Å². The number of nitro benzene ring substituents is 1. The van der Waals surface area contributed by atoms with Crippen LogP contribution < -0.4 is 4.90 Å². The van der Waals surface area contributed by atoms with E-state index < -0.39 is 4.92 Å². The van der Waals surface area contributed by atoms with Crippen molar-refractivity contribution in [2.45, 2.75) is 0 Å². The lowest BCUT2D eigenvalue weighted by molar-refractivity contribution is -0.384. The fraction of sp³-hybridized carbons (Fsp3) is 0.0714. The van der Waals surface area contributed by atoms with E-state index in [2.05, 4.69) is 0 Å². The van der Waals surface area contributed by atoms with Crippen LogP contribution in [0.2, 0.25) is 10.0 Å². The average molecular weight is 322 g/mol. The molecule has 0 unspecified atom stereocenters. The van der Waals surface area contributed by atoms with Gasteiger partial charge in [-0.25, -0.2) is 0 Å². The maximum absolute atomic E-state index is 11.2. The van der Waals surface area contributed by atoms with Crippen LogP contribution in [0.4, 0.5) is 17.1 Å². The molecule has 0 saturated heterocycles. The zero-order valence-corrected chi connectivity index (χ0v) is 12.4. The molecule has 7 heteroatoms. The molecule has 2 aromatic carbocycles. The second-order valence-electron chi connectivity index (χ2n) is 4.23. The Morgan fingerprint density at radius 2 is 1.90 bits per heavy atom. The third kappa shape index (κ3) is 3.07. The van der Waals surface area contributed by atoms with Crippen LogP contribution in [-0.2, 0) is 0 Å². The van der Waals surface area contributed by atoms with Gasteiger partial charge in [0.1, 0.15) is 5.69 Å². The first-order chi connectivity index (χ1) is 9.93. The summed E-state index contributed by atoms with van der Waals surface area (Å²) in [5.74, 6) is 0. The van der Waals surface area contributed by atoms with Crippen LogP contribution >= 0.6 is 23.2 Å². The van der Waals surface area contributed by atoms with Crippen molar-refractivity contribution in [3.63, 3.8) is 0 Å². The molecule has 0 bridgehead atoms. The molecule has 2 aromatic rings. The van der Waals surface area contributed by atoms with Crippen LogP contribution in [0.25, 0.3) is 0 Å². The van der Waals surface area contributed by atoms with E-state index in [1.54, 1.807) is 36.2 Å². The fourth-order valence-electron chi connectivity index (χ4n) is 1.86. The minimum Gasteiger partial charge on any atom is -0.339 e. The molecule has 5 nitrogen and oxygen atoms in total. The van der Waals surface area contributed by atoms with Gasteiger partial charge in [0.25, 0.3) is 5.69 Å². The molecule has 106 valence electrons. The number of hydrogen-bond donors (Lipinski definition) is 0. The smallest absolute Gasteiger partial charge is 0.294 e. The first-order valence-corrected chi connectivity index (χ1v) is 6.57. The van der Waals surface area contributed by atoms with Crippen LogP contribution in [0, 0.1) is 21.4 Å². The van der Waals surface area contributed by atoms with E-state index in [9.17, 15) is 10.1 Å². The Balaban J connectivity index is 2.57. The van der Waals surface area contributed by atoms with E-state index in [-0.39, 0.29) is 15.7 Å².